The lowest BCUT2D eigenvalue weighted by atomic mass is 10.1. The zero-order valence-electron chi connectivity index (χ0n) is 11.7. The molecule has 1 fully saturated rings. The normalized spacial score (nSPS) is 20.3. The number of hydrogen-bond donors (Lipinski definition) is 1. The van der Waals surface area contributed by atoms with Crippen molar-refractivity contribution in [1.29, 1.82) is 0 Å². The summed E-state index contributed by atoms with van der Waals surface area (Å²) < 4.78 is 27.6. The monoisotopic (exact) mass is 361 g/mol. The maximum Gasteiger partial charge on any atom is 0.244 e. The molecule has 112 valence electrons. The van der Waals surface area contributed by atoms with Gasteiger partial charge in [0.25, 0.3) is 0 Å². The van der Waals surface area contributed by atoms with Crippen LogP contribution in [0.5, 0.6) is 0 Å². The number of nitrogens with two attached hydrogens (primary N) is 1. The molecule has 2 rings (SSSR count). The third-order valence-corrected chi connectivity index (χ3v) is 6.49. The van der Waals surface area contributed by atoms with Gasteiger partial charge in [0.2, 0.25) is 10.0 Å². The van der Waals surface area contributed by atoms with E-state index in [4.69, 9.17) is 5.73 Å². The standard InChI is InChI=1S/C13H20BrN3O2S/c1-16(2)11-3-4-12(14)13(7-11)20(18,19)17-6-5-10(8-15)9-17/h3-4,7,10H,5-6,8-9,15H2,1-2H3. The van der Waals surface area contributed by atoms with Crippen LogP contribution in [0, 0.1) is 5.92 Å². The van der Waals surface area contributed by atoms with Gasteiger partial charge in [0, 0.05) is 37.3 Å². The van der Waals surface area contributed by atoms with Crippen LogP contribution in [-0.4, -0.2) is 46.5 Å². The highest BCUT2D eigenvalue weighted by molar-refractivity contribution is 9.10. The van der Waals surface area contributed by atoms with Crippen LogP contribution in [0.2, 0.25) is 0 Å². The maximum absolute atomic E-state index is 12.7. The number of anilines is 1. The molecule has 0 saturated carbocycles. The highest BCUT2D eigenvalue weighted by Crippen LogP contribution is 2.31. The van der Waals surface area contributed by atoms with Gasteiger partial charge in [0.1, 0.15) is 0 Å². The molecule has 1 atom stereocenters. The number of nitrogens with zero attached hydrogens (tertiary/aromatic N) is 2. The molecule has 7 heteroatoms. The van der Waals surface area contributed by atoms with E-state index in [1.54, 1.807) is 12.1 Å². The molecule has 2 N–H and O–H groups in total. The minimum Gasteiger partial charge on any atom is -0.378 e. The second kappa shape index (κ2) is 6.01. The highest BCUT2D eigenvalue weighted by Gasteiger charge is 2.33. The summed E-state index contributed by atoms with van der Waals surface area (Å²) in [6.07, 6.45) is 0.834. The van der Waals surface area contributed by atoms with Crippen molar-refractivity contribution >= 4 is 31.6 Å². The Morgan fingerprint density at radius 2 is 2.15 bits per heavy atom. The first-order chi connectivity index (χ1) is 9.36. The van der Waals surface area contributed by atoms with Gasteiger partial charge < -0.3 is 10.6 Å². The Balaban J connectivity index is 2.37. The van der Waals surface area contributed by atoms with Gasteiger partial charge in [0.05, 0.1) is 4.90 Å². The zero-order valence-corrected chi connectivity index (χ0v) is 14.1. The Kier molecular flexibility index (Phi) is 4.73. The molecule has 0 bridgehead atoms. The molecule has 5 nitrogen and oxygen atoms in total. The van der Waals surface area contributed by atoms with Crippen molar-refractivity contribution in [2.24, 2.45) is 11.7 Å². The summed E-state index contributed by atoms with van der Waals surface area (Å²) >= 11 is 3.35. The molecule has 1 aliphatic rings. The van der Waals surface area contributed by atoms with Crippen molar-refractivity contribution < 1.29 is 8.42 Å². The Hall–Kier alpha value is -0.630. The van der Waals surface area contributed by atoms with Crippen LogP contribution in [-0.2, 0) is 10.0 Å². The third-order valence-electron chi connectivity index (χ3n) is 3.63. The lowest BCUT2D eigenvalue weighted by Gasteiger charge is -2.20. The molecule has 1 saturated heterocycles. The van der Waals surface area contributed by atoms with Gasteiger partial charge >= 0.3 is 0 Å². The van der Waals surface area contributed by atoms with Gasteiger partial charge in [-0.15, -0.1) is 0 Å². The van der Waals surface area contributed by atoms with Gasteiger partial charge in [-0.05, 0) is 53.0 Å². The molecule has 1 heterocycles. The smallest absolute Gasteiger partial charge is 0.244 e. The van der Waals surface area contributed by atoms with Crippen LogP contribution in [0.3, 0.4) is 0 Å². The second-order valence-electron chi connectivity index (χ2n) is 5.26. The van der Waals surface area contributed by atoms with Crippen LogP contribution < -0.4 is 10.6 Å². The van der Waals surface area contributed by atoms with Crippen LogP contribution in [0.15, 0.2) is 27.6 Å². The summed E-state index contributed by atoms with van der Waals surface area (Å²) in [6, 6.07) is 5.36. The van der Waals surface area contributed by atoms with Gasteiger partial charge in [-0.1, -0.05) is 0 Å². The molecule has 1 aromatic rings. The fraction of sp³-hybridized carbons (Fsp3) is 0.538. The lowest BCUT2D eigenvalue weighted by Crippen LogP contribution is -2.30. The van der Waals surface area contributed by atoms with Crippen LogP contribution >= 0.6 is 15.9 Å². The molecule has 0 amide bonds. The second-order valence-corrected chi connectivity index (χ2v) is 8.02. The summed E-state index contributed by atoms with van der Waals surface area (Å²) in [5, 5.41) is 0. The Morgan fingerprint density at radius 3 is 2.70 bits per heavy atom. The molecule has 0 radical (unpaired) electrons. The van der Waals surface area contributed by atoms with E-state index in [0.29, 0.717) is 29.0 Å². The minimum absolute atomic E-state index is 0.264. The van der Waals surface area contributed by atoms with E-state index in [2.05, 4.69) is 15.9 Å². The van der Waals surface area contributed by atoms with Gasteiger partial charge in [0.15, 0.2) is 0 Å². The summed E-state index contributed by atoms with van der Waals surface area (Å²) in [7, 11) is 0.314. The largest absolute Gasteiger partial charge is 0.378 e. The molecule has 1 aliphatic heterocycles. The molecular weight excluding hydrogens is 342 g/mol. The quantitative estimate of drug-likeness (QED) is 0.881. The number of hydrogen-bond acceptors (Lipinski definition) is 4. The van der Waals surface area contributed by atoms with Crippen molar-refractivity contribution in [1.82, 2.24) is 4.31 Å². The average molecular weight is 362 g/mol. The predicted molar refractivity (Wildman–Crippen MR) is 84.4 cm³/mol. The predicted octanol–water partition coefficient (Wildman–Crippen LogP) is 1.48. The molecule has 20 heavy (non-hydrogen) atoms. The lowest BCUT2D eigenvalue weighted by molar-refractivity contribution is 0.459. The van der Waals surface area contributed by atoms with E-state index >= 15 is 0 Å². The fourth-order valence-corrected chi connectivity index (χ4v) is 4.79. The Labute approximate surface area is 128 Å². The summed E-state index contributed by atoms with van der Waals surface area (Å²) in [4.78, 5) is 2.21. The fourth-order valence-electron chi connectivity index (χ4n) is 2.31. The van der Waals surface area contributed by atoms with Gasteiger partial charge in [-0.2, -0.15) is 4.31 Å². The Morgan fingerprint density at radius 1 is 1.45 bits per heavy atom. The first-order valence-corrected chi connectivity index (χ1v) is 8.76. The summed E-state index contributed by atoms with van der Waals surface area (Å²) in [5.41, 5.74) is 6.50. The van der Waals surface area contributed by atoms with E-state index in [9.17, 15) is 8.42 Å². The number of rotatable bonds is 4. The van der Waals surface area contributed by atoms with Crippen molar-refractivity contribution in [2.75, 3.05) is 38.6 Å². The number of sulfonamides is 1. The summed E-state index contributed by atoms with van der Waals surface area (Å²) in [6.45, 7) is 1.59. The number of halogens is 1. The molecular formula is C13H20BrN3O2S. The molecule has 0 aliphatic carbocycles. The van der Waals surface area contributed by atoms with Crippen LogP contribution in [0.1, 0.15) is 6.42 Å². The zero-order chi connectivity index (χ0) is 14.9. The van der Waals surface area contributed by atoms with Crippen molar-refractivity contribution in [3.63, 3.8) is 0 Å². The first-order valence-electron chi connectivity index (χ1n) is 6.53. The first kappa shape index (κ1) is 15.8. The van der Waals surface area contributed by atoms with E-state index in [0.717, 1.165) is 12.1 Å². The van der Waals surface area contributed by atoms with E-state index < -0.39 is 10.0 Å². The van der Waals surface area contributed by atoms with Crippen LogP contribution in [0.4, 0.5) is 5.69 Å². The summed E-state index contributed by atoms with van der Waals surface area (Å²) in [5.74, 6) is 0.264. The van der Waals surface area contributed by atoms with Crippen LogP contribution in [0.25, 0.3) is 0 Å². The molecule has 0 aromatic heterocycles. The minimum atomic E-state index is -3.46. The molecule has 1 aromatic carbocycles. The van der Waals surface area contributed by atoms with Gasteiger partial charge in [-0.3, -0.25) is 0 Å². The number of benzene rings is 1. The van der Waals surface area contributed by atoms with Crippen molar-refractivity contribution in [2.45, 2.75) is 11.3 Å². The maximum atomic E-state index is 12.7. The van der Waals surface area contributed by atoms with Crippen molar-refractivity contribution in [3.05, 3.63) is 22.7 Å². The average Bonchev–Trinajstić information content (AvgIpc) is 2.88. The van der Waals surface area contributed by atoms with Crippen molar-refractivity contribution in [3.8, 4) is 0 Å². The van der Waals surface area contributed by atoms with E-state index in [1.807, 2.05) is 25.1 Å². The Bertz CT molecular complexity index is 589. The highest BCUT2D eigenvalue weighted by atomic mass is 79.9. The topological polar surface area (TPSA) is 66.6 Å². The van der Waals surface area contributed by atoms with Gasteiger partial charge in [-0.25, -0.2) is 8.42 Å². The molecule has 1 unspecified atom stereocenters. The SMILES string of the molecule is CN(C)c1ccc(Br)c(S(=O)(=O)N2CCC(CN)C2)c1. The van der Waals surface area contributed by atoms with E-state index in [-0.39, 0.29) is 5.92 Å². The van der Waals surface area contributed by atoms with E-state index in [1.165, 1.54) is 4.31 Å². The molecule has 0 spiro atoms. The third kappa shape index (κ3) is 3.00.